The molecule has 0 bridgehead atoms. The molecular formula is C12H12ClN5OS. The molecule has 1 fully saturated rings. The Kier molecular flexibility index (Phi) is 3.54. The molecule has 3 N–H and O–H groups in total. The predicted molar refractivity (Wildman–Crippen MR) is 78.9 cm³/mol. The van der Waals surface area contributed by atoms with Crippen molar-refractivity contribution in [3.05, 3.63) is 29.3 Å². The molecule has 20 heavy (non-hydrogen) atoms. The molecule has 0 radical (unpaired) electrons. The Labute approximate surface area is 124 Å². The first-order valence-corrected chi connectivity index (χ1v) is 7.31. The van der Waals surface area contributed by atoms with E-state index >= 15 is 0 Å². The van der Waals surface area contributed by atoms with Crippen LogP contribution in [-0.4, -0.2) is 32.9 Å². The SMILES string of the molecule is Nc1nc(SC2CCN(c3ccccc3Cl)C2=O)n[nH]1. The van der Waals surface area contributed by atoms with Crippen LogP contribution in [0.5, 0.6) is 0 Å². The van der Waals surface area contributed by atoms with Crippen LogP contribution in [0.3, 0.4) is 0 Å². The lowest BCUT2D eigenvalue weighted by Gasteiger charge is -2.17. The highest BCUT2D eigenvalue weighted by Crippen LogP contribution is 2.34. The fourth-order valence-corrected chi connectivity index (χ4v) is 3.30. The Balaban J connectivity index is 1.76. The summed E-state index contributed by atoms with van der Waals surface area (Å²) < 4.78 is 0. The molecule has 0 aliphatic carbocycles. The summed E-state index contributed by atoms with van der Waals surface area (Å²) in [6.45, 7) is 0.639. The summed E-state index contributed by atoms with van der Waals surface area (Å²) in [5.41, 5.74) is 6.22. The van der Waals surface area contributed by atoms with Crippen molar-refractivity contribution in [1.29, 1.82) is 0 Å². The van der Waals surface area contributed by atoms with E-state index in [0.717, 1.165) is 12.1 Å². The standard InChI is InChI=1S/C12H12ClN5OS/c13-7-3-1-2-4-8(7)18-6-5-9(10(18)19)20-12-15-11(14)16-17-12/h1-4,9H,5-6H2,(H3,14,15,16,17). The third-order valence-electron chi connectivity index (χ3n) is 3.03. The first-order chi connectivity index (χ1) is 9.65. The van der Waals surface area contributed by atoms with Crippen LogP contribution in [-0.2, 0) is 4.79 Å². The van der Waals surface area contributed by atoms with Crippen LogP contribution >= 0.6 is 23.4 Å². The van der Waals surface area contributed by atoms with Crippen LogP contribution in [0.15, 0.2) is 29.4 Å². The molecule has 1 atom stereocenters. The topological polar surface area (TPSA) is 87.9 Å². The second kappa shape index (κ2) is 5.34. The first-order valence-electron chi connectivity index (χ1n) is 6.05. The lowest BCUT2D eigenvalue weighted by molar-refractivity contribution is -0.116. The van der Waals surface area contributed by atoms with Crippen LogP contribution in [0.25, 0.3) is 0 Å². The molecular weight excluding hydrogens is 298 g/mol. The minimum absolute atomic E-state index is 0.0199. The van der Waals surface area contributed by atoms with Crippen molar-refractivity contribution in [3.63, 3.8) is 0 Å². The zero-order chi connectivity index (χ0) is 14.1. The zero-order valence-electron chi connectivity index (χ0n) is 10.4. The third kappa shape index (κ3) is 2.46. The molecule has 0 spiro atoms. The maximum absolute atomic E-state index is 12.4. The van der Waals surface area contributed by atoms with Gasteiger partial charge in [-0.05, 0) is 18.6 Å². The number of nitrogens with two attached hydrogens (primary N) is 1. The molecule has 1 saturated heterocycles. The average Bonchev–Trinajstić information content (AvgIpc) is 2.99. The lowest BCUT2D eigenvalue weighted by atomic mass is 10.3. The predicted octanol–water partition coefficient (Wildman–Crippen LogP) is 1.94. The third-order valence-corrected chi connectivity index (χ3v) is 4.46. The van der Waals surface area contributed by atoms with Crippen molar-refractivity contribution in [1.82, 2.24) is 15.2 Å². The maximum atomic E-state index is 12.4. The Hall–Kier alpha value is -1.73. The van der Waals surface area contributed by atoms with E-state index in [4.69, 9.17) is 17.3 Å². The number of hydrogen-bond donors (Lipinski definition) is 2. The number of nitrogens with zero attached hydrogens (tertiary/aromatic N) is 3. The number of thioether (sulfide) groups is 1. The molecule has 6 nitrogen and oxygen atoms in total. The number of H-pyrrole nitrogens is 1. The highest BCUT2D eigenvalue weighted by atomic mass is 35.5. The number of aromatic amines is 1. The highest BCUT2D eigenvalue weighted by molar-refractivity contribution is 8.00. The first kappa shape index (κ1) is 13.3. The molecule has 1 amide bonds. The summed E-state index contributed by atoms with van der Waals surface area (Å²) in [6, 6.07) is 7.33. The van der Waals surface area contributed by atoms with E-state index in [2.05, 4.69) is 15.2 Å². The number of carbonyl (C=O) groups excluding carboxylic acids is 1. The number of anilines is 2. The van der Waals surface area contributed by atoms with E-state index in [1.807, 2.05) is 18.2 Å². The number of para-hydroxylation sites is 1. The second-order valence-corrected chi connectivity index (χ2v) is 5.92. The largest absolute Gasteiger partial charge is 0.368 e. The number of rotatable bonds is 3. The summed E-state index contributed by atoms with van der Waals surface area (Å²) in [7, 11) is 0. The van der Waals surface area contributed by atoms with Crippen molar-refractivity contribution in [3.8, 4) is 0 Å². The summed E-state index contributed by atoms with van der Waals surface area (Å²) >= 11 is 7.45. The number of nitrogen functional groups attached to an aromatic ring is 1. The Morgan fingerprint density at radius 3 is 2.95 bits per heavy atom. The molecule has 0 saturated carbocycles. The molecule has 3 rings (SSSR count). The van der Waals surface area contributed by atoms with Gasteiger partial charge >= 0.3 is 0 Å². The smallest absolute Gasteiger partial charge is 0.240 e. The van der Waals surface area contributed by atoms with Gasteiger partial charge in [0.1, 0.15) is 0 Å². The molecule has 8 heteroatoms. The van der Waals surface area contributed by atoms with Crippen LogP contribution in [0, 0.1) is 0 Å². The molecule has 1 unspecified atom stereocenters. The van der Waals surface area contributed by atoms with Crippen molar-refractivity contribution < 1.29 is 4.79 Å². The van der Waals surface area contributed by atoms with Crippen LogP contribution in [0.4, 0.5) is 11.6 Å². The fraction of sp³-hybridized carbons (Fsp3) is 0.250. The summed E-state index contributed by atoms with van der Waals surface area (Å²) in [5, 5.41) is 7.35. The molecule has 1 aromatic carbocycles. The molecule has 1 aliphatic heterocycles. The van der Waals surface area contributed by atoms with E-state index in [1.165, 1.54) is 11.8 Å². The number of aromatic nitrogens is 3. The summed E-state index contributed by atoms with van der Waals surface area (Å²) in [5.74, 6) is 0.271. The minimum Gasteiger partial charge on any atom is -0.368 e. The van der Waals surface area contributed by atoms with Gasteiger partial charge in [0, 0.05) is 6.54 Å². The Bertz CT molecular complexity index is 646. The van der Waals surface area contributed by atoms with Gasteiger partial charge in [-0.15, -0.1) is 5.10 Å². The van der Waals surface area contributed by atoms with Gasteiger partial charge < -0.3 is 10.6 Å². The zero-order valence-corrected chi connectivity index (χ0v) is 12.0. The van der Waals surface area contributed by atoms with E-state index in [1.54, 1.807) is 11.0 Å². The number of carbonyl (C=O) groups is 1. The molecule has 2 aromatic rings. The Morgan fingerprint density at radius 1 is 1.45 bits per heavy atom. The fourth-order valence-electron chi connectivity index (χ4n) is 2.11. The van der Waals surface area contributed by atoms with Crippen LogP contribution < -0.4 is 10.6 Å². The summed E-state index contributed by atoms with van der Waals surface area (Å²) in [4.78, 5) is 18.1. The van der Waals surface area contributed by atoms with E-state index < -0.39 is 0 Å². The van der Waals surface area contributed by atoms with E-state index in [9.17, 15) is 4.79 Å². The van der Waals surface area contributed by atoms with Crippen molar-refractivity contribution in [2.75, 3.05) is 17.2 Å². The number of halogens is 1. The monoisotopic (exact) mass is 309 g/mol. The van der Waals surface area contributed by atoms with E-state index in [-0.39, 0.29) is 17.1 Å². The van der Waals surface area contributed by atoms with Crippen LogP contribution in [0.2, 0.25) is 5.02 Å². The molecule has 2 heterocycles. The number of amides is 1. The van der Waals surface area contributed by atoms with Crippen molar-refractivity contribution in [2.24, 2.45) is 0 Å². The van der Waals surface area contributed by atoms with Gasteiger partial charge in [-0.2, -0.15) is 4.98 Å². The summed E-state index contributed by atoms with van der Waals surface area (Å²) in [6.07, 6.45) is 0.725. The minimum atomic E-state index is -0.207. The molecule has 104 valence electrons. The van der Waals surface area contributed by atoms with Gasteiger partial charge in [0.15, 0.2) is 0 Å². The molecule has 1 aromatic heterocycles. The van der Waals surface area contributed by atoms with Crippen LogP contribution in [0.1, 0.15) is 6.42 Å². The number of hydrogen-bond acceptors (Lipinski definition) is 5. The van der Waals surface area contributed by atoms with Gasteiger partial charge in [-0.3, -0.25) is 4.79 Å². The quantitative estimate of drug-likeness (QED) is 0.904. The van der Waals surface area contributed by atoms with Gasteiger partial charge in [0.25, 0.3) is 0 Å². The Morgan fingerprint density at radius 2 is 2.25 bits per heavy atom. The van der Waals surface area contributed by atoms with Gasteiger partial charge in [-0.25, -0.2) is 5.10 Å². The van der Waals surface area contributed by atoms with Crippen molar-refractivity contribution >= 4 is 40.9 Å². The van der Waals surface area contributed by atoms with Crippen molar-refractivity contribution in [2.45, 2.75) is 16.8 Å². The molecule has 1 aliphatic rings. The normalized spacial score (nSPS) is 18.8. The average molecular weight is 310 g/mol. The second-order valence-electron chi connectivity index (χ2n) is 4.34. The van der Waals surface area contributed by atoms with E-state index in [0.29, 0.717) is 16.7 Å². The van der Waals surface area contributed by atoms with Gasteiger partial charge in [0.2, 0.25) is 17.0 Å². The van der Waals surface area contributed by atoms with Gasteiger partial charge in [-0.1, -0.05) is 35.5 Å². The highest BCUT2D eigenvalue weighted by Gasteiger charge is 2.34. The number of benzene rings is 1. The maximum Gasteiger partial charge on any atom is 0.240 e. The number of nitrogens with one attached hydrogen (secondary N) is 1. The lowest BCUT2D eigenvalue weighted by Crippen LogP contribution is -2.28. The van der Waals surface area contributed by atoms with Gasteiger partial charge in [0.05, 0.1) is 16.0 Å².